The van der Waals surface area contributed by atoms with Crippen molar-refractivity contribution in [1.29, 1.82) is 0 Å². The van der Waals surface area contributed by atoms with Crippen LogP contribution < -0.4 is 15.1 Å². The van der Waals surface area contributed by atoms with Crippen LogP contribution in [0.5, 0.6) is 0 Å². The molecule has 2 fully saturated rings. The third-order valence-corrected chi connectivity index (χ3v) is 5.94. The van der Waals surface area contributed by atoms with Crippen molar-refractivity contribution in [2.75, 3.05) is 41.3 Å². The predicted molar refractivity (Wildman–Crippen MR) is 117 cm³/mol. The molecule has 1 N–H and O–H groups in total. The number of aromatic nitrogens is 4. The largest absolute Gasteiger partial charge is 0.354 e. The Hall–Kier alpha value is -3.08. The number of nitrogens with one attached hydrogen (secondary N) is 1. The van der Waals surface area contributed by atoms with Crippen LogP contribution >= 0.6 is 15.9 Å². The minimum Gasteiger partial charge on any atom is -0.354 e. The minimum atomic E-state index is -0.368. The Balaban J connectivity index is 1.44. The number of hydrogen-bond donors (Lipinski definition) is 1. The van der Waals surface area contributed by atoms with Crippen molar-refractivity contribution >= 4 is 50.0 Å². The van der Waals surface area contributed by atoms with Gasteiger partial charge in [0.2, 0.25) is 5.95 Å². The van der Waals surface area contributed by atoms with Crippen LogP contribution in [0.25, 0.3) is 10.8 Å². The maximum atomic E-state index is 11.3. The molecule has 10 nitrogen and oxygen atoms in total. The van der Waals surface area contributed by atoms with Crippen molar-refractivity contribution in [3.8, 4) is 0 Å². The summed E-state index contributed by atoms with van der Waals surface area (Å²) in [7, 11) is 0. The van der Waals surface area contributed by atoms with Gasteiger partial charge in [-0.15, -0.1) is 10.2 Å². The smallest absolute Gasteiger partial charge is 0.270 e. The van der Waals surface area contributed by atoms with Crippen molar-refractivity contribution in [2.45, 2.75) is 18.9 Å². The SMILES string of the molecule is O=[N+]([O-])c1ccc2c(N3CCC(Nc4ncc(Br)cn4)C3)nnc(N3CCC3)c2c1. The third kappa shape index (κ3) is 3.49. The average molecular weight is 471 g/mol. The van der Waals surface area contributed by atoms with E-state index >= 15 is 0 Å². The van der Waals surface area contributed by atoms with Gasteiger partial charge in [-0.25, -0.2) is 9.97 Å². The van der Waals surface area contributed by atoms with Crippen molar-refractivity contribution in [3.63, 3.8) is 0 Å². The first-order valence-electron chi connectivity index (χ1n) is 9.77. The summed E-state index contributed by atoms with van der Waals surface area (Å²) in [5.74, 6) is 2.07. The van der Waals surface area contributed by atoms with E-state index in [1.165, 1.54) is 6.07 Å². The Morgan fingerprint density at radius 1 is 1.07 bits per heavy atom. The number of nitro groups is 1. The van der Waals surface area contributed by atoms with Gasteiger partial charge in [-0.2, -0.15) is 0 Å². The van der Waals surface area contributed by atoms with E-state index < -0.39 is 0 Å². The summed E-state index contributed by atoms with van der Waals surface area (Å²) < 4.78 is 0.833. The maximum Gasteiger partial charge on any atom is 0.270 e. The highest BCUT2D eigenvalue weighted by atomic mass is 79.9. The number of nitro benzene ring substituents is 1. The number of nitrogens with zero attached hydrogens (tertiary/aromatic N) is 7. The van der Waals surface area contributed by atoms with Crippen LogP contribution in [0.4, 0.5) is 23.3 Å². The first kappa shape index (κ1) is 18.9. The molecule has 154 valence electrons. The highest BCUT2D eigenvalue weighted by molar-refractivity contribution is 9.10. The molecule has 0 aliphatic carbocycles. The van der Waals surface area contributed by atoms with E-state index in [2.05, 4.69) is 51.2 Å². The Labute approximate surface area is 180 Å². The maximum absolute atomic E-state index is 11.3. The Morgan fingerprint density at radius 3 is 2.47 bits per heavy atom. The molecule has 1 unspecified atom stereocenters. The first-order valence-corrected chi connectivity index (χ1v) is 10.6. The topological polar surface area (TPSA) is 113 Å². The highest BCUT2D eigenvalue weighted by Crippen LogP contribution is 2.35. The van der Waals surface area contributed by atoms with E-state index in [1.54, 1.807) is 24.5 Å². The predicted octanol–water partition coefficient (Wildman–Crippen LogP) is 2.99. The number of anilines is 3. The van der Waals surface area contributed by atoms with E-state index in [9.17, 15) is 10.1 Å². The lowest BCUT2D eigenvalue weighted by molar-refractivity contribution is -0.384. The summed E-state index contributed by atoms with van der Waals surface area (Å²) >= 11 is 3.34. The lowest BCUT2D eigenvalue weighted by Crippen LogP contribution is -2.38. The Morgan fingerprint density at radius 2 is 1.80 bits per heavy atom. The molecule has 1 aromatic carbocycles. The highest BCUT2D eigenvalue weighted by Gasteiger charge is 2.28. The number of halogens is 1. The van der Waals surface area contributed by atoms with Crippen LogP contribution in [0.1, 0.15) is 12.8 Å². The molecule has 0 bridgehead atoms. The van der Waals surface area contributed by atoms with Crippen LogP contribution in [0.15, 0.2) is 35.1 Å². The number of benzene rings is 1. The number of fused-ring (bicyclic) bond motifs is 1. The molecule has 0 spiro atoms. The molecule has 11 heteroatoms. The van der Waals surface area contributed by atoms with Gasteiger partial charge in [-0.05, 0) is 34.8 Å². The molecule has 2 saturated heterocycles. The van der Waals surface area contributed by atoms with Crippen molar-refractivity contribution in [1.82, 2.24) is 20.2 Å². The lowest BCUT2D eigenvalue weighted by Gasteiger charge is -2.33. The average Bonchev–Trinajstić information content (AvgIpc) is 3.16. The second kappa shape index (κ2) is 7.63. The molecule has 0 amide bonds. The molecule has 2 aliphatic heterocycles. The third-order valence-electron chi connectivity index (χ3n) is 5.53. The van der Waals surface area contributed by atoms with E-state index in [-0.39, 0.29) is 16.7 Å². The molecule has 2 aliphatic rings. The summed E-state index contributed by atoms with van der Waals surface area (Å²) in [5, 5.41) is 25.3. The zero-order valence-corrected chi connectivity index (χ0v) is 17.6. The van der Waals surface area contributed by atoms with Crippen molar-refractivity contribution < 1.29 is 4.92 Å². The zero-order valence-electron chi connectivity index (χ0n) is 16.0. The van der Waals surface area contributed by atoms with Crippen LogP contribution in [-0.2, 0) is 0 Å². The van der Waals surface area contributed by atoms with Gasteiger partial charge in [0, 0.05) is 67.5 Å². The summed E-state index contributed by atoms with van der Waals surface area (Å²) in [4.78, 5) is 23.8. The molecule has 0 saturated carbocycles. The number of non-ortho nitro benzene ring substituents is 1. The fraction of sp³-hybridized carbons (Fsp3) is 0.368. The van der Waals surface area contributed by atoms with Crippen LogP contribution in [0.2, 0.25) is 0 Å². The zero-order chi connectivity index (χ0) is 20.7. The molecule has 3 aromatic rings. The molecular formula is C19H19BrN8O2. The quantitative estimate of drug-likeness (QED) is 0.443. The summed E-state index contributed by atoms with van der Waals surface area (Å²) in [6.07, 6.45) is 5.42. The second-order valence-corrected chi connectivity index (χ2v) is 8.39. The molecular weight excluding hydrogens is 452 g/mol. The number of rotatable bonds is 5. The second-order valence-electron chi connectivity index (χ2n) is 7.48. The molecule has 2 aromatic heterocycles. The summed E-state index contributed by atoms with van der Waals surface area (Å²) in [6, 6.07) is 5.12. The Kier molecular flexibility index (Phi) is 4.81. The minimum absolute atomic E-state index is 0.0663. The van der Waals surface area contributed by atoms with Gasteiger partial charge < -0.3 is 15.1 Å². The molecule has 30 heavy (non-hydrogen) atoms. The van der Waals surface area contributed by atoms with Crippen LogP contribution in [-0.4, -0.2) is 57.3 Å². The lowest BCUT2D eigenvalue weighted by atomic mass is 10.1. The van der Waals surface area contributed by atoms with Crippen LogP contribution in [0.3, 0.4) is 0 Å². The fourth-order valence-corrected chi connectivity index (χ4v) is 4.07. The van der Waals surface area contributed by atoms with Gasteiger partial charge in [-0.3, -0.25) is 10.1 Å². The van der Waals surface area contributed by atoms with Crippen LogP contribution in [0, 0.1) is 10.1 Å². The fourth-order valence-electron chi connectivity index (χ4n) is 3.86. The molecule has 5 rings (SSSR count). The standard InChI is InChI=1S/C19H19BrN8O2/c20-12-9-21-19(22-10-12)23-13-4-7-27(11-13)17-15-3-2-14(28(29)30)8-16(15)18(25-24-17)26-5-1-6-26/h2-3,8-10,13H,1,4-7,11H2,(H,21,22,23). The summed E-state index contributed by atoms with van der Waals surface area (Å²) in [5.41, 5.74) is 0.0663. The monoisotopic (exact) mass is 470 g/mol. The normalized spacial score (nSPS) is 18.5. The van der Waals surface area contributed by atoms with Gasteiger partial charge in [0.05, 0.1) is 9.40 Å². The summed E-state index contributed by atoms with van der Waals surface area (Å²) in [6.45, 7) is 3.32. The van der Waals surface area contributed by atoms with Gasteiger partial charge in [0.15, 0.2) is 11.6 Å². The van der Waals surface area contributed by atoms with E-state index in [1.807, 2.05) is 0 Å². The van der Waals surface area contributed by atoms with Gasteiger partial charge in [-0.1, -0.05) is 0 Å². The van der Waals surface area contributed by atoms with Gasteiger partial charge in [0.1, 0.15) is 0 Å². The first-order chi connectivity index (χ1) is 14.6. The Bertz CT molecular complexity index is 1110. The van der Waals surface area contributed by atoms with Crippen molar-refractivity contribution in [3.05, 3.63) is 45.2 Å². The number of hydrogen-bond acceptors (Lipinski definition) is 9. The van der Waals surface area contributed by atoms with E-state index in [4.69, 9.17) is 0 Å². The molecule has 1 atom stereocenters. The van der Waals surface area contributed by atoms with E-state index in [0.717, 1.165) is 65.9 Å². The van der Waals surface area contributed by atoms with Crippen molar-refractivity contribution in [2.24, 2.45) is 0 Å². The molecule has 4 heterocycles. The van der Waals surface area contributed by atoms with Gasteiger partial charge >= 0.3 is 0 Å². The van der Waals surface area contributed by atoms with E-state index in [0.29, 0.717) is 5.95 Å². The molecule has 0 radical (unpaired) electrons. The van der Waals surface area contributed by atoms with Gasteiger partial charge in [0.25, 0.3) is 5.69 Å².